The van der Waals surface area contributed by atoms with Gasteiger partial charge in [0.25, 0.3) is 0 Å². The van der Waals surface area contributed by atoms with Crippen LogP contribution >= 0.6 is 11.6 Å². The third-order valence-corrected chi connectivity index (χ3v) is 6.60. The van der Waals surface area contributed by atoms with E-state index in [-0.39, 0.29) is 17.3 Å². The Hall–Kier alpha value is -2.09. The molecule has 4 rings (SSSR count). The molecular weight excluding hydrogens is 426 g/mol. The first-order valence-corrected chi connectivity index (χ1v) is 11.9. The van der Waals surface area contributed by atoms with Gasteiger partial charge in [0.05, 0.1) is 28.7 Å². The van der Waals surface area contributed by atoms with Crippen molar-refractivity contribution in [2.45, 2.75) is 51.6 Å². The first-order chi connectivity index (χ1) is 15.4. The average molecular weight is 458 g/mol. The second kappa shape index (κ2) is 10.2. The van der Waals surface area contributed by atoms with E-state index in [1.165, 1.54) is 0 Å². The summed E-state index contributed by atoms with van der Waals surface area (Å²) >= 11 is 6.44. The van der Waals surface area contributed by atoms with Crippen LogP contribution in [-0.2, 0) is 16.0 Å². The van der Waals surface area contributed by atoms with Gasteiger partial charge in [-0.1, -0.05) is 11.6 Å². The number of ether oxygens (including phenoxy) is 1. The molecule has 0 spiro atoms. The summed E-state index contributed by atoms with van der Waals surface area (Å²) < 4.78 is 5.81. The van der Waals surface area contributed by atoms with Crippen LogP contribution in [0.4, 0.5) is 5.82 Å². The van der Waals surface area contributed by atoms with Gasteiger partial charge in [0.1, 0.15) is 11.6 Å². The largest absolute Gasteiger partial charge is 0.376 e. The molecule has 7 nitrogen and oxygen atoms in total. The van der Waals surface area contributed by atoms with Gasteiger partial charge in [0.15, 0.2) is 0 Å². The zero-order chi connectivity index (χ0) is 22.6. The molecule has 0 saturated carbocycles. The maximum absolute atomic E-state index is 12.7. The molecule has 2 aromatic rings. The van der Waals surface area contributed by atoms with Crippen LogP contribution in [0.25, 0.3) is 11.3 Å². The third-order valence-electron chi connectivity index (χ3n) is 6.30. The molecule has 2 N–H and O–H groups in total. The maximum atomic E-state index is 12.7. The molecule has 2 aromatic heterocycles. The van der Waals surface area contributed by atoms with Crippen LogP contribution in [0, 0.1) is 11.8 Å². The molecule has 2 saturated heterocycles. The molecular formula is C24H32ClN5O2. The summed E-state index contributed by atoms with van der Waals surface area (Å²) in [4.78, 5) is 26.1. The molecule has 2 fully saturated rings. The van der Waals surface area contributed by atoms with Crippen LogP contribution in [0.3, 0.4) is 0 Å². The van der Waals surface area contributed by atoms with Gasteiger partial charge in [-0.15, -0.1) is 0 Å². The maximum Gasteiger partial charge on any atom is 0.145 e. The van der Waals surface area contributed by atoms with Crippen molar-refractivity contribution < 1.29 is 9.53 Å². The lowest BCUT2D eigenvalue weighted by Gasteiger charge is -2.35. The zero-order valence-corrected chi connectivity index (χ0v) is 19.6. The summed E-state index contributed by atoms with van der Waals surface area (Å²) in [5, 5.41) is 7.22. The molecule has 0 unspecified atom stereocenters. The van der Waals surface area contributed by atoms with Gasteiger partial charge in [0, 0.05) is 49.5 Å². The van der Waals surface area contributed by atoms with Crippen molar-refractivity contribution in [3.63, 3.8) is 0 Å². The van der Waals surface area contributed by atoms with Gasteiger partial charge in [-0.25, -0.2) is 4.98 Å². The molecule has 8 heteroatoms. The third kappa shape index (κ3) is 6.03. The van der Waals surface area contributed by atoms with Crippen molar-refractivity contribution >= 4 is 23.2 Å². The monoisotopic (exact) mass is 457 g/mol. The van der Waals surface area contributed by atoms with Crippen LogP contribution in [0.5, 0.6) is 0 Å². The average Bonchev–Trinajstić information content (AvgIpc) is 2.79. The Labute approximate surface area is 194 Å². The minimum atomic E-state index is -0.0792. The summed E-state index contributed by atoms with van der Waals surface area (Å²) in [6, 6.07) is 1.87. The second-order valence-corrected chi connectivity index (χ2v) is 9.89. The minimum absolute atomic E-state index is 0.0622. The molecule has 0 aromatic carbocycles. The molecule has 2 aliphatic heterocycles. The van der Waals surface area contributed by atoms with Crippen LogP contribution in [-0.4, -0.2) is 52.6 Å². The van der Waals surface area contributed by atoms with Crippen LogP contribution in [0.15, 0.2) is 24.7 Å². The van der Waals surface area contributed by atoms with E-state index in [1.54, 1.807) is 18.6 Å². The number of carbonyl (C=O) groups excluding carboxylic acids is 1. The van der Waals surface area contributed by atoms with Gasteiger partial charge in [-0.2, -0.15) is 0 Å². The van der Waals surface area contributed by atoms with Gasteiger partial charge in [0.2, 0.25) is 0 Å². The summed E-state index contributed by atoms with van der Waals surface area (Å²) in [7, 11) is 0. The fourth-order valence-corrected chi connectivity index (χ4v) is 4.79. The predicted octanol–water partition coefficient (Wildman–Crippen LogP) is 3.92. The Kier molecular flexibility index (Phi) is 7.38. The van der Waals surface area contributed by atoms with Gasteiger partial charge in [-0.3, -0.25) is 14.8 Å². The van der Waals surface area contributed by atoms with Gasteiger partial charge in [-0.05, 0) is 58.1 Å². The summed E-state index contributed by atoms with van der Waals surface area (Å²) in [5.41, 5.74) is 2.05. The topological polar surface area (TPSA) is 89.0 Å². The Bertz CT molecular complexity index is 946. The molecule has 2 aliphatic rings. The standard InChI is InChI=1S/C24H32ClN5O2/c1-24(2)10-16(5-7-32-24)11-29-23-15-27-14-21(30-23)19-8-18(28-13-20(19)25)9-22(31)17-4-3-6-26-12-17/h8,13-17,26H,3-7,9-12H2,1-2H3,(H,29,30)/t16-,17+/m0/s1. The fourth-order valence-electron chi connectivity index (χ4n) is 4.59. The quantitative estimate of drug-likeness (QED) is 0.651. The van der Waals surface area contributed by atoms with Crippen LogP contribution < -0.4 is 10.6 Å². The normalized spacial score (nSPS) is 23.0. The molecule has 0 bridgehead atoms. The van der Waals surface area contributed by atoms with Crippen molar-refractivity contribution in [2.75, 3.05) is 31.6 Å². The van der Waals surface area contributed by atoms with Gasteiger partial charge < -0.3 is 15.4 Å². The van der Waals surface area contributed by atoms with Gasteiger partial charge >= 0.3 is 0 Å². The number of pyridine rings is 1. The molecule has 2 atom stereocenters. The number of nitrogens with one attached hydrogen (secondary N) is 2. The van der Waals surface area contributed by atoms with E-state index in [0.717, 1.165) is 57.5 Å². The van der Waals surface area contributed by atoms with E-state index < -0.39 is 0 Å². The van der Waals surface area contributed by atoms with Crippen molar-refractivity contribution in [3.05, 3.63) is 35.4 Å². The predicted molar refractivity (Wildman–Crippen MR) is 126 cm³/mol. The lowest BCUT2D eigenvalue weighted by molar-refractivity contribution is -0.122. The van der Waals surface area contributed by atoms with E-state index in [1.807, 2.05) is 6.07 Å². The highest BCUT2D eigenvalue weighted by atomic mass is 35.5. The molecule has 0 radical (unpaired) electrons. The minimum Gasteiger partial charge on any atom is -0.376 e. The summed E-state index contributed by atoms with van der Waals surface area (Å²) in [6.07, 6.45) is 9.35. The number of aromatic nitrogens is 3. The molecule has 4 heterocycles. The Morgan fingerprint density at radius 2 is 2.19 bits per heavy atom. The SMILES string of the molecule is CC1(C)C[C@@H](CNc2cncc(-c3cc(CC(=O)[C@@H]4CCCNC4)ncc3Cl)n2)CCO1. The summed E-state index contributed by atoms with van der Waals surface area (Å²) in [5.74, 6) is 1.53. The number of Topliss-reactive ketones (excluding diaryl/α,β-unsaturated/α-hetero) is 1. The lowest BCUT2D eigenvalue weighted by Crippen LogP contribution is -2.36. The smallest absolute Gasteiger partial charge is 0.145 e. The highest BCUT2D eigenvalue weighted by Gasteiger charge is 2.28. The van der Waals surface area contributed by atoms with Crippen molar-refractivity contribution in [3.8, 4) is 11.3 Å². The first kappa shape index (κ1) is 23.1. The van der Waals surface area contributed by atoms with E-state index in [4.69, 9.17) is 21.3 Å². The molecule has 32 heavy (non-hydrogen) atoms. The number of ketones is 1. The second-order valence-electron chi connectivity index (χ2n) is 9.48. The molecule has 172 valence electrons. The first-order valence-electron chi connectivity index (χ1n) is 11.5. The van der Waals surface area contributed by atoms with E-state index in [0.29, 0.717) is 34.6 Å². The van der Waals surface area contributed by atoms with Crippen molar-refractivity contribution in [1.82, 2.24) is 20.3 Å². The van der Waals surface area contributed by atoms with Crippen molar-refractivity contribution in [2.24, 2.45) is 11.8 Å². The number of carbonyl (C=O) groups is 1. The highest BCUT2D eigenvalue weighted by Crippen LogP contribution is 2.30. The zero-order valence-electron chi connectivity index (χ0n) is 18.9. The fraction of sp³-hybridized carbons (Fsp3) is 0.583. The van der Waals surface area contributed by atoms with Crippen LogP contribution in [0.2, 0.25) is 5.02 Å². The van der Waals surface area contributed by atoms with E-state index in [9.17, 15) is 4.79 Å². The summed E-state index contributed by atoms with van der Waals surface area (Å²) in [6.45, 7) is 7.63. The Morgan fingerprint density at radius 3 is 2.97 bits per heavy atom. The number of nitrogens with zero attached hydrogens (tertiary/aromatic N) is 3. The van der Waals surface area contributed by atoms with E-state index >= 15 is 0 Å². The number of hydrogen-bond donors (Lipinski definition) is 2. The van der Waals surface area contributed by atoms with Crippen LogP contribution in [0.1, 0.15) is 45.2 Å². The lowest BCUT2D eigenvalue weighted by atomic mass is 9.88. The number of anilines is 1. The molecule has 0 amide bonds. The highest BCUT2D eigenvalue weighted by molar-refractivity contribution is 6.33. The Balaban J connectivity index is 1.43. The number of piperidine rings is 1. The molecule has 0 aliphatic carbocycles. The van der Waals surface area contributed by atoms with E-state index in [2.05, 4.69) is 34.4 Å². The number of rotatable bonds is 7. The number of halogens is 1. The van der Waals surface area contributed by atoms with Crippen molar-refractivity contribution in [1.29, 1.82) is 0 Å². The Morgan fingerprint density at radius 1 is 1.31 bits per heavy atom. The number of hydrogen-bond acceptors (Lipinski definition) is 7.